The lowest BCUT2D eigenvalue weighted by molar-refractivity contribution is 0.678. The Morgan fingerprint density at radius 3 is 2.75 bits per heavy atom. The van der Waals surface area contributed by atoms with E-state index in [4.69, 9.17) is 0 Å². The van der Waals surface area contributed by atoms with Gasteiger partial charge in [-0.3, -0.25) is 4.68 Å². The smallest absolute Gasteiger partial charge is 0.0987 e. The summed E-state index contributed by atoms with van der Waals surface area (Å²) in [5.41, 5.74) is 3.78. The van der Waals surface area contributed by atoms with Gasteiger partial charge in [0.25, 0.3) is 0 Å². The molecular formula is C16H21N3S. The van der Waals surface area contributed by atoms with Gasteiger partial charge >= 0.3 is 0 Å². The van der Waals surface area contributed by atoms with Crippen molar-refractivity contribution in [2.24, 2.45) is 7.05 Å². The van der Waals surface area contributed by atoms with E-state index in [0.717, 1.165) is 18.3 Å². The van der Waals surface area contributed by atoms with Crippen molar-refractivity contribution in [3.8, 4) is 0 Å². The van der Waals surface area contributed by atoms with E-state index >= 15 is 0 Å². The van der Waals surface area contributed by atoms with Gasteiger partial charge in [-0.25, -0.2) is 0 Å². The zero-order chi connectivity index (χ0) is 14.1. The van der Waals surface area contributed by atoms with Gasteiger partial charge in [-0.1, -0.05) is 29.5 Å². The van der Waals surface area contributed by atoms with Gasteiger partial charge in [-0.15, -0.1) is 0 Å². The lowest BCUT2D eigenvalue weighted by atomic mass is 10.1. The van der Waals surface area contributed by atoms with Crippen LogP contribution >= 0.6 is 11.8 Å². The SMILES string of the molecule is Cc1ccc(Sc2cc(C)nn2C)c(CNC2CC2)c1. The minimum absolute atomic E-state index is 0.743. The maximum absolute atomic E-state index is 4.42. The highest BCUT2D eigenvalue weighted by atomic mass is 32.2. The van der Waals surface area contributed by atoms with Gasteiger partial charge in [-0.05, 0) is 44.4 Å². The van der Waals surface area contributed by atoms with Crippen molar-refractivity contribution in [1.82, 2.24) is 15.1 Å². The molecular weight excluding hydrogens is 266 g/mol. The average Bonchev–Trinajstić information content (AvgIpc) is 3.16. The second kappa shape index (κ2) is 5.62. The molecule has 0 amide bonds. The van der Waals surface area contributed by atoms with Gasteiger partial charge in [0.1, 0.15) is 0 Å². The van der Waals surface area contributed by atoms with Gasteiger partial charge in [0.15, 0.2) is 0 Å². The van der Waals surface area contributed by atoms with E-state index < -0.39 is 0 Å². The number of hydrogen-bond donors (Lipinski definition) is 1. The second-order valence-electron chi connectivity index (χ2n) is 5.62. The molecule has 0 unspecified atom stereocenters. The molecule has 106 valence electrons. The fourth-order valence-electron chi connectivity index (χ4n) is 2.28. The van der Waals surface area contributed by atoms with Crippen LogP contribution in [0.2, 0.25) is 0 Å². The zero-order valence-electron chi connectivity index (χ0n) is 12.3. The molecule has 1 aromatic heterocycles. The van der Waals surface area contributed by atoms with Gasteiger partial charge < -0.3 is 5.32 Å². The number of nitrogens with one attached hydrogen (secondary N) is 1. The summed E-state index contributed by atoms with van der Waals surface area (Å²) in [6.45, 7) is 5.16. The van der Waals surface area contributed by atoms with E-state index in [1.807, 2.05) is 18.7 Å². The summed E-state index contributed by atoms with van der Waals surface area (Å²) >= 11 is 1.80. The highest BCUT2D eigenvalue weighted by Crippen LogP contribution is 2.31. The predicted molar refractivity (Wildman–Crippen MR) is 83.1 cm³/mol. The Balaban J connectivity index is 1.81. The topological polar surface area (TPSA) is 29.9 Å². The molecule has 0 aliphatic heterocycles. The van der Waals surface area contributed by atoms with Crippen molar-refractivity contribution in [3.63, 3.8) is 0 Å². The van der Waals surface area contributed by atoms with E-state index in [9.17, 15) is 0 Å². The first-order valence-corrected chi connectivity index (χ1v) is 7.95. The molecule has 1 saturated carbocycles. The summed E-state index contributed by atoms with van der Waals surface area (Å²) in [5.74, 6) is 0. The van der Waals surface area contributed by atoms with E-state index in [1.54, 1.807) is 11.8 Å². The number of hydrogen-bond acceptors (Lipinski definition) is 3. The minimum atomic E-state index is 0.743. The predicted octanol–water partition coefficient (Wildman–Crippen LogP) is 3.44. The molecule has 3 nitrogen and oxygen atoms in total. The average molecular weight is 287 g/mol. The van der Waals surface area contributed by atoms with Crippen molar-refractivity contribution >= 4 is 11.8 Å². The lowest BCUT2D eigenvalue weighted by Crippen LogP contribution is -2.15. The first kappa shape index (κ1) is 13.7. The molecule has 0 atom stereocenters. The van der Waals surface area contributed by atoms with Crippen molar-refractivity contribution < 1.29 is 0 Å². The van der Waals surface area contributed by atoms with Crippen LogP contribution in [0.5, 0.6) is 0 Å². The quantitative estimate of drug-likeness (QED) is 0.913. The first-order chi connectivity index (χ1) is 9.61. The van der Waals surface area contributed by atoms with Gasteiger partial charge in [-0.2, -0.15) is 5.10 Å². The summed E-state index contributed by atoms with van der Waals surface area (Å²) in [4.78, 5) is 1.33. The van der Waals surface area contributed by atoms with Crippen LogP contribution in [-0.2, 0) is 13.6 Å². The normalized spacial score (nSPS) is 14.8. The van der Waals surface area contributed by atoms with Gasteiger partial charge in [0, 0.05) is 24.5 Å². The van der Waals surface area contributed by atoms with E-state index in [1.165, 1.54) is 33.9 Å². The highest BCUT2D eigenvalue weighted by Gasteiger charge is 2.20. The first-order valence-electron chi connectivity index (χ1n) is 7.13. The summed E-state index contributed by atoms with van der Waals surface area (Å²) < 4.78 is 1.96. The molecule has 20 heavy (non-hydrogen) atoms. The monoisotopic (exact) mass is 287 g/mol. The van der Waals surface area contributed by atoms with Crippen molar-refractivity contribution in [2.45, 2.75) is 49.2 Å². The van der Waals surface area contributed by atoms with E-state index in [-0.39, 0.29) is 0 Å². The Kier molecular flexibility index (Phi) is 3.85. The van der Waals surface area contributed by atoms with Crippen LogP contribution in [0, 0.1) is 13.8 Å². The fourth-order valence-corrected chi connectivity index (χ4v) is 3.31. The standard InChI is InChI=1S/C16H21N3S/c1-11-4-7-15(13(8-11)10-17-14-5-6-14)20-16-9-12(2)18-19(16)3/h4,7-9,14,17H,5-6,10H2,1-3H3. The van der Waals surface area contributed by atoms with Crippen molar-refractivity contribution in [2.75, 3.05) is 0 Å². The molecule has 0 saturated heterocycles. The number of benzene rings is 1. The van der Waals surface area contributed by atoms with Gasteiger partial charge in [0.2, 0.25) is 0 Å². The Bertz CT molecular complexity index is 614. The number of aromatic nitrogens is 2. The molecule has 1 N–H and O–H groups in total. The van der Waals surface area contributed by atoms with Crippen LogP contribution in [0.25, 0.3) is 0 Å². The third-order valence-electron chi connectivity index (χ3n) is 3.55. The van der Waals surface area contributed by atoms with Gasteiger partial charge in [0.05, 0.1) is 10.7 Å². The second-order valence-corrected chi connectivity index (χ2v) is 6.68. The summed E-state index contributed by atoms with van der Waals surface area (Å²) in [5, 5.41) is 9.22. The van der Waals surface area contributed by atoms with Crippen molar-refractivity contribution in [3.05, 3.63) is 41.1 Å². The maximum atomic E-state index is 4.42. The largest absolute Gasteiger partial charge is 0.310 e. The van der Waals surface area contributed by atoms with Crippen LogP contribution in [0.1, 0.15) is 29.7 Å². The lowest BCUT2D eigenvalue weighted by Gasteiger charge is -2.11. The Hall–Kier alpha value is -1.26. The molecule has 3 rings (SSSR count). The molecule has 1 fully saturated rings. The molecule has 0 spiro atoms. The number of nitrogens with zero attached hydrogens (tertiary/aromatic N) is 2. The third-order valence-corrected chi connectivity index (χ3v) is 4.76. The van der Waals surface area contributed by atoms with Crippen LogP contribution < -0.4 is 5.32 Å². The molecule has 1 aliphatic carbocycles. The highest BCUT2D eigenvalue weighted by molar-refractivity contribution is 7.99. The van der Waals surface area contributed by atoms with Crippen LogP contribution in [-0.4, -0.2) is 15.8 Å². The van der Waals surface area contributed by atoms with Crippen LogP contribution in [0.4, 0.5) is 0 Å². The minimum Gasteiger partial charge on any atom is -0.310 e. The Morgan fingerprint density at radius 2 is 2.10 bits per heavy atom. The number of aryl methyl sites for hydroxylation is 3. The van der Waals surface area contributed by atoms with E-state index in [2.05, 4.69) is 41.6 Å². The summed E-state index contributed by atoms with van der Waals surface area (Å²) in [6.07, 6.45) is 2.66. The molecule has 1 aliphatic rings. The molecule has 1 heterocycles. The number of rotatable bonds is 5. The molecule has 0 bridgehead atoms. The molecule has 1 aromatic carbocycles. The summed E-state index contributed by atoms with van der Waals surface area (Å²) in [6, 6.07) is 9.59. The molecule has 0 radical (unpaired) electrons. The Morgan fingerprint density at radius 1 is 1.30 bits per heavy atom. The van der Waals surface area contributed by atoms with Crippen LogP contribution in [0.15, 0.2) is 34.2 Å². The van der Waals surface area contributed by atoms with Crippen LogP contribution in [0.3, 0.4) is 0 Å². The fraction of sp³-hybridized carbons (Fsp3) is 0.438. The molecule has 4 heteroatoms. The maximum Gasteiger partial charge on any atom is 0.0987 e. The zero-order valence-corrected chi connectivity index (χ0v) is 13.1. The summed E-state index contributed by atoms with van der Waals surface area (Å²) in [7, 11) is 2.01. The Labute approximate surface area is 124 Å². The van der Waals surface area contributed by atoms with E-state index in [0.29, 0.717) is 0 Å². The third kappa shape index (κ3) is 3.25. The van der Waals surface area contributed by atoms with Crippen molar-refractivity contribution in [1.29, 1.82) is 0 Å². The molecule has 2 aromatic rings.